The predicted molar refractivity (Wildman–Crippen MR) is 143 cm³/mol. The van der Waals surface area contributed by atoms with Gasteiger partial charge in [0.15, 0.2) is 5.54 Å². The zero-order valence-electron chi connectivity index (χ0n) is 22.6. The van der Waals surface area contributed by atoms with Gasteiger partial charge in [-0.2, -0.15) is 0 Å². The summed E-state index contributed by atoms with van der Waals surface area (Å²) in [4.78, 5) is 33.2. The van der Waals surface area contributed by atoms with Crippen LogP contribution >= 0.6 is 0 Å². The Morgan fingerprint density at radius 3 is 2.50 bits per heavy atom. The molecule has 36 heavy (non-hydrogen) atoms. The van der Waals surface area contributed by atoms with Gasteiger partial charge in [0.05, 0.1) is 0 Å². The van der Waals surface area contributed by atoms with E-state index in [0.717, 1.165) is 38.8 Å². The molecular weight excluding hydrogens is 452 g/mol. The summed E-state index contributed by atoms with van der Waals surface area (Å²) in [5, 5.41) is 6.02. The van der Waals surface area contributed by atoms with Gasteiger partial charge in [-0.25, -0.2) is 4.79 Å². The maximum Gasteiger partial charge on any atom is 0.407 e. The normalized spacial score (nSPS) is 28.9. The lowest BCUT2D eigenvalue weighted by atomic mass is 9.59. The van der Waals surface area contributed by atoms with E-state index in [1.807, 2.05) is 20.8 Å². The third-order valence-corrected chi connectivity index (χ3v) is 7.75. The first-order chi connectivity index (χ1) is 17.1. The van der Waals surface area contributed by atoms with Crippen LogP contribution in [-0.4, -0.2) is 66.5 Å². The molecule has 7 nitrogen and oxygen atoms in total. The van der Waals surface area contributed by atoms with E-state index in [0.29, 0.717) is 30.8 Å². The smallest absolute Gasteiger partial charge is 0.407 e. The van der Waals surface area contributed by atoms with Crippen LogP contribution in [-0.2, 0) is 16.0 Å². The van der Waals surface area contributed by atoms with Crippen molar-refractivity contribution in [2.24, 2.45) is 28.7 Å². The Kier molecular flexibility index (Phi) is 8.08. The van der Waals surface area contributed by atoms with Crippen LogP contribution in [0.1, 0.15) is 59.4 Å². The minimum atomic E-state index is -0.683. The van der Waals surface area contributed by atoms with Crippen LogP contribution in [0.25, 0.3) is 0 Å². The molecule has 0 aromatic heterocycles. The molecule has 0 spiro atoms. The van der Waals surface area contributed by atoms with Crippen molar-refractivity contribution in [1.82, 2.24) is 15.5 Å². The summed E-state index contributed by atoms with van der Waals surface area (Å²) in [7, 11) is 0. The number of aliphatic imine (C=N–C) groups is 1. The fourth-order valence-corrected chi connectivity index (χ4v) is 6.50. The Morgan fingerprint density at radius 1 is 1.14 bits per heavy atom. The Labute approximate surface area is 216 Å². The van der Waals surface area contributed by atoms with Gasteiger partial charge in [0.1, 0.15) is 5.60 Å². The maximum absolute atomic E-state index is 13.8. The van der Waals surface area contributed by atoms with E-state index < -0.39 is 17.2 Å². The van der Waals surface area contributed by atoms with E-state index in [9.17, 15) is 9.59 Å². The Morgan fingerprint density at radius 2 is 1.83 bits per heavy atom. The predicted octanol–water partition coefficient (Wildman–Crippen LogP) is 4.07. The molecular formula is C29H44N4O3. The molecule has 1 aromatic rings. The third-order valence-electron chi connectivity index (χ3n) is 7.75. The van der Waals surface area contributed by atoms with Crippen LogP contribution in [0.5, 0.6) is 0 Å². The van der Waals surface area contributed by atoms with Gasteiger partial charge in [-0.3, -0.25) is 14.7 Å². The van der Waals surface area contributed by atoms with Crippen molar-refractivity contribution in [2.75, 3.05) is 26.2 Å². The molecule has 1 saturated heterocycles. The van der Waals surface area contributed by atoms with Crippen LogP contribution < -0.4 is 10.6 Å². The number of ether oxygens (including phenoxy) is 1. The Hall–Kier alpha value is -2.41. The van der Waals surface area contributed by atoms with Crippen LogP contribution in [0.15, 0.2) is 35.3 Å². The number of amides is 2. The first kappa shape index (κ1) is 26.6. The Bertz CT molecular complexity index is 942. The SMILES string of the molecule is CC(C)CN1CC2CC3C=NC2(C(=O)NCCCCNC(=O)OC(C)(C)C)C1C3Cc1ccccc1. The molecule has 2 amide bonds. The molecule has 5 atom stereocenters. The molecule has 0 radical (unpaired) electrons. The zero-order valence-corrected chi connectivity index (χ0v) is 22.6. The number of rotatable bonds is 10. The molecule has 198 valence electrons. The van der Waals surface area contributed by atoms with Crippen molar-refractivity contribution >= 4 is 18.2 Å². The highest BCUT2D eigenvalue weighted by molar-refractivity contribution is 5.92. The van der Waals surface area contributed by atoms with Gasteiger partial charge >= 0.3 is 6.09 Å². The molecule has 4 bridgehead atoms. The number of carbonyl (C=O) groups excluding carboxylic acids is 2. The maximum atomic E-state index is 13.8. The molecule has 7 heteroatoms. The second-order valence-electron chi connectivity index (χ2n) is 12.2. The van der Waals surface area contributed by atoms with Crippen molar-refractivity contribution in [1.29, 1.82) is 0 Å². The van der Waals surface area contributed by atoms with E-state index in [2.05, 4.69) is 65.9 Å². The highest BCUT2D eigenvalue weighted by atomic mass is 16.6. The molecule has 1 aromatic carbocycles. The van der Waals surface area contributed by atoms with Crippen LogP contribution in [0.4, 0.5) is 4.79 Å². The van der Waals surface area contributed by atoms with Gasteiger partial charge in [0, 0.05) is 44.4 Å². The Balaban J connectivity index is 1.39. The van der Waals surface area contributed by atoms with E-state index >= 15 is 0 Å². The summed E-state index contributed by atoms with van der Waals surface area (Å²) in [5.74, 6) is 1.73. The quantitative estimate of drug-likeness (QED) is 0.479. The van der Waals surface area contributed by atoms with Gasteiger partial charge in [-0.1, -0.05) is 44.2 Å². The first-order valence-corrected chi connectivity index (χ1v) is 13.7. The van der Waals surface area contributed by atoms with Crippen molar-refractivity contribution in [2.45, 2.75) is 77.5 Å². The average Bonchev–Trinajstić information content (AvgIpc) is 3.05. The zero-order chi connectivity index (χ0) is 25.9. The van der Waals surface area contributed by atoms with Gasteiger partial charge in [0.2, 0.25) is 5.91 Å². The largest absolute Gasteiger partial charge is 0.444 e. The second-order valence-corrected chi connectivity index (χ2v) is 12.2. The number of nitrogens with zero attached hydrogens (tertiary/aromatic N) is 2. The minimum Gasteiger partial charge on any atom is -0.444 e. The minimum absolute atomic E-state index is 0.0799. The molecule has 3 aliphatic heterocycles. The highest BCUT2D eigenvalue weighted by Gasteiger charge is 2.67. The number of alkyl carbamates (subject to hydrolysis) is 1. The number of nitrogens with one attached hydrogen (secondary N) is 2. The highest BCUT2D eigenvalue weighted by Crippen LogP contribution is 2.54. The summed E-state index contributed by atoms with van der Waals surface area (Å²) in [6, 6.07) is 10.8. The number of hydrogen-bond acceptors (Lipinski definition) is 5. The lowest BCUT2D eigenvalue weighted by Gasteiger charge is -2.51. The summed E-state index contributed by atoms with van der Waals surface area (Å²) >= 11 is 0. The van der Waals surface area contributed by atoms with Gasteiger partial charge in [-0.05, 0) is 69.8 Å². The number of likely N-dealkylation sites (tertiary alicyclic amines) is 1. The van der Waals surface area contributed by atoms with Crippen molar-refractivity contribution in [3.05, 3.63) is 35.9 Å². The second kappa shape index (κ2) is 10.9. The van der Waals surface area contributed by atoms with E-state index in [1.165, 1.54) is 5.56 Å². The van der Waals surface area contributed by atoms with Gasteiger partial charge < -0.3 is 15.4 Å². The number of benzene rings is 1. The fraction of sp³-hybridized carbons (Fsp3) is 0.690. The average molecular weight is 497 g/mol. The summed E-state index contributed by atoms with van der Waals surface area (Å²) in [5.41, 5.74) is 0.153. The molecule has 1 saturated carbocycles. The third kappa shape index (κ3) is 5.77. The molecule has 1 aliphatic carbocycles. The van der Waals surface area contributed by atoms with Gasteiger partial charge in [-0.15, -0.1) is 0 Å². The summed E-state index contributed by atoms with van der Waals surface area (Å²) in [6.45, 7) is 13.1. The molecule has 5 unspecified atom stereocenters. The molecule has 2 fully saturated rings. The lowest BCUT2D eigenvalue weighted by molar-refractivity contribution is -0.131. The van der Waals surface area contributed by atoms with Gasteiger partial charge in [0.25, 0.3) is 0 Å². The van der Waals surface area contributed by atoms with Crippen LogP contribution in [0, 0.1) is 23.7 Å². The molecule has 5 rings (SSSR count). The van der Waals surface area contributed by atoms with Crippen molar-refractivity contribution < 1.29 is 14.3 Å². The lowest BCUT2D eigenvalue weighted by Crippen LogP contribution is -2.66. The first-order valence-electron chi connectivity index (χ1n) is 13.7. The monoisotopic (exact) mass is 496 g/mol. The van der Waals surface area contributed by atoms with E-state index in [4.69, 9.17) is 9.73 Å². The topological polar surface area (TPSA) is 83.0 Å². The molecule has 2 N–H and O–H groups in total. The molecule has 3 heterocycles. The number of carbonyl (C=O) groups is 2. The summed E-state index contributed by atoms with van der Waals surface area (Å²) < 4.78 is 5.27. The van der Waals surface area contributed by atoms with Crippen molar-refractivity contribution in [3.8, 4) is 0 Å². The van der Waals surface area contributed by atoms with Crippen LogP contribution in [0.2, 0.25) is 0 Å². The summed E-state index contributed by atoms with van der Waals surface area (Å²) in [6.07, 6.45) is 5.30. The standard InChI is InChI=1S/C29H44N4O3/c1-20(2)18-33-19-23-16-22-17-32-29(23,25(33)24(22)15-21-11-7-6-8-12-21)26(34)30-13-9-10-14-31-27(35)36-28(3,4)5/h6-8,11-12,17,20,22-25H,9-10,13-16,18-19H2,1-5H3,(H,30,34)(H,31,35). The molecule has 4 aliphatic rings. The number of hydrogen-bond donors (Lipinski definition) is 2. The fourth-order valence-electron chi connectivity index (χ4n) is 6.50. The van der Waals surface area contributed by atoms with Crippen molar-refractivity contribution in [3.63, 3.8) is 0 Å². The number of unbranched alkanes of at least 4 members (excludes halogenated alkanes) is 1. The van der Waals surface area contributed by atoms with E-state index in [1.54, 1.807) is 0 Å². The van der Waals surface area contributed by atoms with E-state index in [-0.39, 0.29) is 17.9 Å². The van der Waals surface area contributed by atoms with Crippen LogP contribution in [0.3, 0.4) is 0 Å².